The van der Waals surface area contributed by atoms with Crippen LogP contribution in [0.3, 0.4) is 0 Å². The Morgan fingerprint density at radius 3 is 2.42 bits per heavy atom. The van der Waals surface area contributed by atoms with E-state index in [1.54, 1.807) is 13.0 Å². The zero-order chi connectivity index (χ0) is 14.6. The van der Waals surface area contributed by atoms with Crippen molar-refractivity contribution in [1.29, 1.82) is 15.8 Å². The molecule has 8 nitrogen and oxygen atoms in total. The van der Waals surface area contributed by atoms with Gasteiger partial charge in [0, 0.05) is 23.7 Å². The Balaban J connectivity index is 3.21. The average Bonchev–Trinajstić information content (AvgIpc) is 2.58. The first-order valence-electron chi connectivity index (χ1n) is 5.26. The number of rotatable bonds is 2. The van der Waals surface area contributed by atoms with E-state index in [9.17, 15) is 15.3 Å². The van der Waals surface area contributed by atoms with Gasteiger partial charge < -0.3 is 11.5 Å². The van der Waals surface area contributed by atoms with Crippen LogP contribution in [0.2, 0.25) is 0 Å². The smallest absolute Gasteiger partial charge is 0.332 e. The van der Waals surface area contributed by atoms with Crippen LogP contribution < -0.4 is 16.9 Å². The summed E-state index contributed by atoms with van der Waals surface area (Å²) in [6.07, 6.45) is 1.26. The molecule has 0 aromatic carbocycles. The van der Waals surface area contributed by atoms with E-state index < -0.39 is 23.3 Å². The predicted molar refractivity (Wildman–Crippen MR) is 64.4 cm³/mol. The van der Waals surface area contributed by atoms with Gasteiger partial charge >= 0.3 is 6.03 Å². The molecule has 1 aliphatic carbocycles. The minimum absolute atomic E-state index is 0.0690. The van der Waals surface area contributed by atoms with E-state index in [1.165, 1.54) is 6.21 Å². The molecule has 0 spiro atoms. The first-order chi connectivity index (χ1) is 8.94. The minimum atomic E-state index is -1.59. The summed E-state index contributed by atoms with van der Waals surface area (Å²) in [5.41, 5.74) is 11.1. The number of allylic oxidation sites excluding steroid dienone is 2. The van der Waals surface area contributed by atoms with E-state index in [2.05, 4.69) is 5.10 Å². The molecule has 0 heterocycles. The minimum Gasteiger partial charge on any atom is -0.401 e. The number of hydrogen-bond donors (Lipinski definition) is 3. The fourth-order valence-corrected chi connectivity index (χ4v) is 2.04. The van der Waals surface area contributed by atoms with Crippen LogP contribution in [-0.2, 0) is 0 Å². The molecule has 1 rings (SSSR count). The fraction of sp³-hybridized carbons (Fsp3) is 0.364. The van der Waals surface area contributed by atoms with Gasteiger partial charge in [0.25, 0.3) is 0 Å². The lowest BCUT2D eigenvalue weighted by Crippen LogP contribution is -2.29. The van der Waals surface area contributed by atoms with Crippen molar-refractivity contribution in [3.63, 3.8) is 0 Å². The van der Waals surface area contributed by atoms with Crippen LogP contribution in [-0.4, -0.2) is 12.2 Å². The van der Waals surface area contributed by atoms with Gasteiger partial charge in [0.2, 0.25) is 0 Å². The largest absolute Gasteiger partial charge is 0.401 e. The first kappa shape index (κ1) is 14.0. The SMILES string of the molecule is C[C@@H]1[C@H](/C=N\NC(N)=O)C(N)=C(C#N)C1(C#N)C#N. The molecule has 0 aliphatic heterocycles. The van der Waals surface area contributed by atoms with Crippen LogP contribution in [0.1, 0.15) is 6.92 Å². The Morgan fingerprint density at radius 1 is 1.47 bits per heavy atom. The van der Waals surface area contributed by atoms with Crippen molar-refractivity contribution in [1.82, 2.24) is 5.43 Å². The average molecular weight is 257 g/mol. The lowest BCUT2D eigenvalue weighted by Gasteiger charge is -2.20. The van der Waals surface area contributed by atoms with Crippen LogP contribution in [0, 0.1) is 51.2 Å². The Labute approximate surface area is 109 Å². The van der Waals surface area contributed by atoms with E-state index in [0.29, 0.717) is 0 Å². The Morgan fingerprint density at radius 2 is 2.05 bits per heavy atom. The van der Waals surface area contributed by atoms with E-state index >= 15 is 0 Å². The second-order valence-corrected chi connectivity index (χ2v) is 4.04. The van der Waals surface area contributed by atoms with E-state index in [0.717, 1.165) is 0 Å². The summed E-state index contributed by atoms with van der Waals surface area (Å²) < 4.78 is 0. The van der Waals surface area contributed by atoms with Gasteiger partial charge in [-0.05, 0) is 0 Å². The third kappa shape index (κ3) is 2.05. The first-order valence-corrected chi connectivity index (χ1v) is 5.26. The number of nitrogens with two attached hydrogens (primary N) is 2. The van der Waals surface area contributed by atoms with Crippen molar-refractivity contribution in [3.05, 3.63) is 11.3 Å². The summed E-state index contributed by atoms with van der Waals surface area (Å²) in [6, 6.07) is 4.64. The van der Waals surface area contributed by atoms with Gasteiger partial charge in [-0.2, -0.15) is 20.9 Å². The second-order valence-electron chi connectivity index (χ2n) is 4.04. The van der Waals surface area contributed by atoms with Gasteiger partial charge in [-0.1, -0.05) is 6.92 Å². The number of hydrazone groups is 1. The molecule has 0 saturated heterocycles. The summed E-state index contributed by atoms with van der Waals surface area (Å²) in [5, 5.41) is 31.0. The molecule has 0 aromatic heterocycles. The standard InChI is InChI=1S/C11H11N7O/c1-6-7(3-17-18-10(16)19)9(15)8(2-12)11(6,4-13)5-14/h3,6-7H,15H2,1H3,(H3,16,18,19)/b17-3-/t6-,7+/m1/s1. The van der Waals surface area contributed by atoms with E-state index in [-0.39, 0.29) is 11.3 Å². The van der Waals surface area contributed by atoms with E-state index in [4.69, 9.17) is 16.7 Å². The summed E-state index contributed by atoms with van der Waals surface area (Å²) in [5.74, 6) is -1.16. The number of nitriles is 3. The molecule has 2 amide bonds. The Hall–Kier alpha value is -3.05. The van der Waals surface area contributed by atoms with Crippen molar-refractivity contribution in [3.8, 4) is 18.2 Å². The number of amides is 2. The topological polar surface area (TPSA) is 165 Å². The van der Waals surface area contributed by atoms with Crippen molar-refractivity contribution >= 4 is 12.2 Å². The van der Waals surface area contributed by atoms with Crippen molar-refractivity contribution in [2.75, 3.05) is 0 Å². The molecule has 0 aromatic rings. The molecule has 19 heavy (non-hydrogen) atoms. The van der Waals surface area contributed by atoms with Crippen LogP contribution in [0.4, 0.5) is 4.79 Å². The highest BCUT2D eigenvalue weighted by molar-refractivity contribution is 5.75. The second kappa shape index (κ2) is 5.07. The molecule has 0 radical (unpaired) electrons. The quantitative estimate of drug-likeness (QED) is 0.454. The zero-order valence-electron chi connectivity index (χ0n) is 10.1. The molecule has 0 fully saturated rings. The van der Waals surface area contributed by atoms with Crippen molar-refractivity contribution in [2.24, 2.45) is 33.8 Å². The Bertz CT molecular complexity index is 570. The Kier molecular flexibility index (Phi) is 3.74. The molecule has 0 bridgehead atoms. The number of carbonyl (C=O) groups is 1. The van der Waals surface area contributed by atoms with Crippen LogP contribution in [0.5, 0.6) is 0 Å². The number of nitrogens with zero attached hydrogens (tertiary/aromatic N) is 4. The van der Waals surface area contributed by atoms with Crippen LogP contribution in [0.15, 0.2) is 16.4 Å². The maximum Gasteiger partial charge on any atom is 0.332 e. The molecule has 1 aliphatic rings. The zero-order valence-corrected chi connectivity index (χ0v) is 10.1. The molecule has 5 N–H and O–H groups in total. The van der Waals surface area contributed by atoms with Crippen molar-refractivity contribution in [2.45, 2.75) is 6.92 Å². The van der Waals surface area contributed by atoms with Crippen LogP contribution in [0.25, 0.3) is 0 Å². The fourth-order valence-electron chi connectivity index (χ4n) is 2.04. The molecule has 8 heteroatoms. The molecule has 0 unspecified atom stereocenters. The van der Waals surface area contributed by atoms with E-state index in [1.807, 2.05) is 17.6 Å². The lowest BCUT2D eigenvalue weighted by molar-refractivity contribution is 0.249. The number of urea groups is 1. The lowest BCUT2D eigenvalue weighted by atomic mass is 9.75. The number of primary amides is 1. The third-order valence-corrected chi connectivity index (χ3v) is 3.14. The highest BCUT2D eigenvalue weighted by Crippen LogP contribution is 2.47. The van der Waals surface area contributed by atoms with Gasteiger partial charge in [0.05, 0.1) is 23.8 Å². The third-order valence-electron chi connectivity index (χ3n) is 3.14. The molecule has 0 saturated carbocycles. The van der Waals surface area contributed by atoms with Gasteiger partial charge in [-0.25, -0.2) is 10.2 Å². The summed E-state index contributed by atoms with van der Waals surface area (Å²) in [6.45, 7) is 1.62. The van der Waals surface area contributed by atoms with Crippen LogP contribution >= 0.6 is 0 Å². The summed E-state index contributed by atoms with van der Waals surface area (Å²) in [4.78, 5) is 10.5. The number of nitrogens with one attached hydrogen (secondary N) is 1. The summed E-state index contributed by atoms with van der Waals surface area (Å²) in [7, 11) is 0. The van der Waals surface area contributed by atoms with Gasteiger partial charge in [-0.15, -0.1) is 0 Å². The molecule has 96 valence electrons. The van der Waals surface area contributed by atoms with Crippen molar-refractivity contribution < 1.29 is 4.79 Å². The predicted octanol–water partition coefficient (Wildman–Crippen LogP) is -0.324. The number of hydrogen-bond acceptors (Lipinski definition) is 6. The normalized spacial score (nSPS) is 24.5. The van der Waals surface area contributed by atoms with Gasteiger partial charge in [0.1, 0.15) is 0 Å². The maximum absolute atomic E-state index is 10.5. The highest BCUT2D eigenvalue weighted by atomic mass is 16.2. The monoisotopic (exact) mass is 257 g/mol. The molecular weight excluding hydrogens is 246 g/mol. The maximum atomic E-state index is 10.5. The number of carbonyl (C=O) groups excluding carboxylic acids is 1. The van der Waals surface area contributed by atoms with Gasteiger partial charge in [0.15, 0.2) is 5.41 Å². The molecular formula is C11H11N7O. The highest BCUT2D eigenvalue weighted by Gasteiger charge is 2.52. The molecule has 2 atom stereocenters. The van der Waals surface area contributed by atoms with Gasteiger partial charge in [-0.3, -0.25) is 0 Å². The summed E-state index contributed by atoms with van der Waals surface area (Å²) >= 11 is 0.